The lowest BCUT2D eigenvalue weighted by Gasteiger charge is -1.69. The molecule has 0 rings (SSSR count). The number of hydrogen-bond acceptors (Lipinski definition) is 1. The minimum Gasteiger partial charge on any atom is -0.268 e. The number of nitrogens with one attached hydrogen (secondary N) is 1. The SMILES string of the molecule is C=C/C=C/C([NH])=O. The van der Waals surface area contributed by atoms with Crippen LogP contribution < -0.4 is 5.73 Å². The monoisotopic (exact) mass is 96.0 g/mol. The summed E-state index contributed by atoms with van der Waals surface area (Å²) in [5.41, 5.74) is 6.31. The van der Waals surface area contributed by atoms with Crippen molar-refractivity contribution in [2.75, 3.05) is 0 Å². The Morgan fingerprint density at radius 2 is 2.29 bits per heavy atom. The first-order chi connectivity index (χ1) is 3.27. The summed E-state index contributed by atoms with van der Waals surface area (Å²) in [5, 5.41) is 0. The van der Waals surface area contributed by atoms with E-state index in [9.17, 15) is 4.79 Å². The molecule has 0 heterocycles. The molecule has 0 aromatic carbocycles. The van der Waals surface area contributed by atoms with Crippen molar-refractivity contribution >= 4 is 5.91 Å². The quantitative estimate of drug-likeness (QED) is 0.365. The van der Waals surface area contributed by atoms with E-state index < -0.39 is 5.91 Å². The maximum absolute atomic E-state index is 9.73. The van der Waals surface area contributed by atoms with E-state index in [0.29, 0.717) is 0 Å². The Morgan fingerprint density at radius 1 is 1.71 bits per heavy atom. The zero-order valence-corrected chi connectivity index (χ0v) is 3.85. The van der Waals surface area contributed by atoms with Crippen LogP contribution in [0.2, 0.25) is 0 Å². The van der Waals surface area contributed by atoms with Gasteiger partial charge in [0.25, 0.3) is 5.91 Å². The smallest absolute Gasteiger partial charge is 0.262 e. The molecule has 1 amide bonds. The molecule has 0 aliphatic heterocycles. The summed E-state index contributed by atoms with van der Waals surface area (Å²) in [7, 11) is 0. The third kappa shape index (κ3) is 4.95. The van der Waals surface area contributed by atoms with Gasteiger partial charge in [0.15, 0.2) is 0 Å². The topological polar surface area (TPSA) is 40.9 Å². The third-order valence-corrected chi connectivity index (χ3v) is 0.384. The van der Waals surface area contributed by atoms with E-state index in [-0.39, 0.29) is 0 Å². The van der Waals surface area contributed by atoms with Gasteiger partial charge in [0.2, 0.25) is 0 Å². The lowest BCUT2D eigenvalue weighted by molar-refractivity contribution is -0.114. The molecule has 2 heteroatoms. The Morgan fingerprint density at radius 3 is 2.43 bits per heavy atom. The highest BCUT2D eigenvalue weighted by molar-refractivity contribution is 5.85. The van der Waals surface area contributed by atoms with Crippen LogP contribution in [0.25, 0.3) is 0 Å². The molecular formula is C5H6NO. The number of rotatable bonds is 2. The van der Waals surface area contributed by atoms with Crippen LogP contribution in [0.3, 0.4) is 0 Å². The molecule has 0 aromatic rings. The molecule has 7 heavy (non-hydrogen) atoms. The van der Waals surface area contributed by atoms with E-state index in [1.807, 2.05) is 0 Å². The average molecular weight is 96.1 g/mol. The molecule has 0 saturated heterocycles. The van der Waals surface area contributed by atoms with E-state index in [1.165, 1.54) is 12.2 Å². The summed E-state index contributed by atoms with van der Waals surface area (Å²) in [6.07, 6.45) is 4.01. The van der Waals surface area contributed by atoms with Crippen LogP contribution in [0.4, 0.5) is 0 Å². The highest BCUT2D eigenvalue weighted by Gasteiger charge is 1.76. The molecule has 2 nitrogen and oxygen atoms in total. The highest BCUT2D eigenvalue weighted by Crippen LogP contribution is 1.69. The number of carbonyl (C=O) groups is 1. The maximum Gasteiger partial charge on any atom is 0.262 e. The van der Waals surface area contributed by atoms with Gasteiger partial charge in [-0.3, -0.25) is 10.5 Å². The van der Waals surface area contributed by atoms with E-state index in [2.05, 4.69) is 6.58 Å². The lowest BCUT2D eigenvalue weighted by atomic mass is 10.5. The maximum atomic E-state index is 9.73. The molecule has 0 spiro atoms. The predicted octanol–water partition coefficient (Wildman–Crippen LogP) is 0.538. The van der Waals surface area contributed by atoms with Crippen LogP contribution in [0.5, 0.6) is 0 Å². The molecule has 1 N–H and O–H groups in total. The summed E-state index contributed by atoms with van der Waals surface area (Å²) < 4.78 is 0. The minimum atomic E-state index is -0.695. The molecule has 37 valence electrons. The first-order valence-corrected chi connectivity index (χ1v) is 1.82. The van der Waals surface area contributed by atoms with Crippen LogP contribution >= 0.6 is 0 Å². The second-order valence-electron chi connectivity index (χ2n) is 0.959. The summed E-state index contributed by atoms with van der Waals surface area (Å²) in [6, 6.07) is 0. The summed E-state index contributed by atoms with van der Waals surface area (Å²) in [6.45, 7) is 3.31. The Kier molecular flexibility index (Phi) is 2.68. The fourth-order valence-electron chi connectivity index (χ4n) is 0.155. The zero-order chi connectivity index (χ0) is 5.70. The first-order valence-electron chi connectivity index (χ1n) is 1.82. The van der Waals surface area contributed by atoms with E-state index >= 15 is 0 Å². The number of amides is 1. The average Bonchev–Trinajstić information content (AvgIpc) is 1.61. The molecule has 0 fully saturated rings. The number of hydrogen-bond donors (Lipinski definition) is 0. The summed E-state index contributed by atoms with van der Waals surface area (Å²) in [4.78, 5) is 9.73. The fourth-order valence-corrected chi connectivity index (χ4v) is 0.155. The number of allylic oxidation sites excluding steroid dienone is 2. The van der Waals surface area contributed by atoms with Crippen molar-refractivity contribution in [2.45, 2.75) is 0 Å². The van der Waals surface area contributed by atoms with Crippen LogP contribution in [0, 0.1) is 0 Å². The van der Waals surface area contributed by atoms with Crippen molar-refractivity contribution in [1.29, 1.82) is 0 Å². The highest BCUT2D eigenvalue weighted by atomic mass is 16.1. The van der Waals surface area contributed by atoms with Gasteiger partial charge in [-0.15, -0.1) is 0 Å². The van der Waals surface area contributed by atoms with Crippen LogP contribution in [0.15, 0.2) is 24.8 Å². The van der Waals surface area contributed by atoms with Gasteiger partial charge in [-0.1, -0.05) is 18.7 Å². The molecule has 0 bridgehead atoms. The van der Waals surface area contributed by atoms with Crippen molar-refractivity contribution in [1.82, 2.24) is 5.73 Å². The van der Waals surface area contributed by atoms with Gasteiger partial charge in [0.05, 0.1) is 0 Å². The van der Waals surface area contributed by atoms with Gasteiger partial charge < -0.3 is 0 Å². The Hall–Kier alpha value is -1.05. The molecule has 1 radical (unpaired) electrons. The predicted molar refractivity (Wildman–Crippen MR) is 27.4 cm³/mol. The third-order valence-electron chi connectivity index (χ3n) is 0.384. The minimum absolute atomic E-state index is 0.695. The van der Waals surface area contributed by atoms with Gasteiger partial charge >= 0.3 is 0 Å². The standard InChI is InChI=1S/C5H6NO/c1-2-3-4-5(6)7/h2-4,6H,1H2/b4-3+. The van der Waals surface area contributed by atoms with Crippen LogP contribution in [-0.2, 0) is 4.79 Å². The van der Waals surface area contributed by atoms with Gasteiger partial charge in [-0.25, -0.2) is 0 Å². The zero-order valence-electron chi connectivity index (χ0n) is 3.85. The lowest BCUT2D eigenvalue weighted by Crippen LogP contribution is -1.88. The number of carbonyl (C=O) groups excluding carboxylic acids is 1. The van der Waals surface area contributed by atoms with Crippen molar-refractivity contribution in [3.05, 3.63) is 24.8 Å². The second kappa shape index (κ2) is 3.15. The van der Waals surface area contributed by atoms with Crippen LogP contribution in [0.1, 0.15) is 0 Å². The summed E-state index contributed by atoms with van der Waals surface area (Å²) >= 11 is 0. The van der Waals surface area contributed by atoms with E-state index in [4.69, 9.17) is 5.73 Å². The Labute approximate surface area is 42.3 Å². The van der Waals surface area contributed by atoms with E-state index in [0.717, 1.165) is 6.08 Å². The molecule has 0 aliphatic rings. The molecule has 0 saturated carbocycles. The van der Waals surface area contributed by atoms with Crippen molar-refractivity contribution in [2.24, 2.45) is 0 Å². The molecule has 0 atom stereocenters. The fraction of sp³-hybridized carbons (Fsp3) is 0. The summed E-state index contributed by atoms with van der Waals surface area (Å²) in [5.74, 6) is -0.695. The molecule has 0 aromatic heterocycles. The van der Waals surface area contributed by atoms with Crippen molar-refractivity contribution < 1.29 is 4.79 Å². The van der Waals surface area contributed by atoms with Gasteiger partial charge in [-0.05, 0) is 0 Å². The largest absolute Gasteiger partial charge is 0.268 e. The van der Waals surface area contributed by atoms with E-state index in [1.54, 1.807) is 0 Å². The Balaban J connectivity index is 3.46. The van der Waals surface area contributed by atoms with Gasteiger partial charge in [-0.2, -0.15) is 0 Å². The first kappa shape index (κ1) is 5.95. The van der Waals surface area contributed by atoms with Gasteiger partial charge in [0, 0.05) is 6.08 Å². The molecular weight excluding hydrogens is 90.1 g/mol. The van der Waals surface area contributed by atoms with Crippen LogP contribution in [-0.4, -0.2) is 5.91 Å². The second-order valence-corrected chi connectivity index (χ2v) is 0.959. The Bertz CT molecular complexity index is 105. The molecule has 0 unspecified atom stereocenters. The molecule has 0 aliphatic carbocycles. The van der Waals surface area contributed by atoms with Crippen molar-refractivity contribution in [3.63, 3.8) is 0 Å². The normalized spacial score (nSPS) is 9.14. The van der Waals surface area contributed by atoms with Gasteiger partial charge in [0.1, 0.15) is 0 Å². The van der Waals surface area contributed by atoms with Crippen molar-refractivity contribution in [3.8, 4) is 0 Å².